The van der Waals surface area contributed by atoms with Crippen LogP contribution in [0.25, 0.3) is 0 Å². The third-order valence-electron chi connectivity index (χ3n) is 4.05. The van der Waals surface area contributed by atoms with Crippen molar-refractivity contribution in [3.63, 3.8) is 0 Å². The number of aryl methyl sites for hydroxylation is 1. The monoisotopic (exact) mass is 331 g/mol. The van der Waals surface area contributed by atoms with Gasteiger partial charge < -0.3 is 4.74 Å². The minimum atomic E-state index is -3.36. The van der Waals surface area contributed by atoms with Gasteiger partial charge in [-0.05, 0) is 30.5 Å². The lowest BCUT2D eigenvalue weighted by molar-refractivity contribution is 0.117. The van der Waals surface area contributed by atoms with Gasteiger partial charge in [0, 0.05) is 19.2 Å². The first-order valence-electron chi connectivity index (χ1n) is 7.78. The molecule has 0 aliphatic carbocycles. The quantitative estimate of drug-likeness (QED) is 0.579. The number of nitrogens with zero attached hydrogens (tertiary/aromatic N) is 1. The Balaban J connectivity index is 1.49. The maximum Gasteiger partial charge on any atom is 0.243 e. The van der Waals surface area contributed by atoms with Crippen LogP contribution in [0, 0.1) is 6.92 Å². The fourth-order valence-electron chi connectivity index (χ4n) is 2.65. The summed E-state index contributed by atoms with van der Waals surface area (Å²) in [6.45, 7) is 3.55. The Labute approximate surface area is 137 Å². The second kappa shape index (κ2) is 6.83. The minimum Gasteiger partial charge on any atom is -0.377 e. The molecular weight excluding hydrogens is 310 g/mol. The van der Waals surface area contributed by atoms with Crippen LogP contribution in [-0.4, -0.2) is 31.9 Å². The second-order valence-electron chi connectivity index (χ2n) is 5.82. The fraction of sp³-hybridized carbons (Fsp3) is 0.333. The summed E-state index contributed by atoms with van der Waals surface area (Å²) in [4.78, 5) is 0.410. The van der Waals surface area contributed by atoms with E-state index in [0.717, 1.165) is 17.5 Å². The van der Waals surface area contributed by atoms with E-state index >= 15 is 0 Å². The van der Waals surface area contributed by atoms with Gasteiger partial charge in [0.25, 0.3) is 0 Å². The molecule has 0 bridgehead atoms. The van der Waals surface area contributed by atoms with Crippen molar-refractivity contribution in [2.45, 2.75) is 30.9 Å². The van der Waals surface area contributed by atoms with Crippen LogP contribution in [0.3, 0.4) is 0 Å². The molecule has 1 aliphatic heterocycles. The molecule has 0 radical (unpaired) electrons. The first kappa shape index (κ1) is 16.2. The number of hydrogen-bond donors (Lipinski definition) is 0. The van der Waals surface area contributed by atoms with Crippen molar-refractivity contribution in [2.75, 3.05) is 13.2 Å². The van der Waals surface area contributed by atoms with Crippen molar-refractivity contribution in [3.05, 3.63) is 65.7 Å². The molecule has 0 N–H and O–H groups in total. The van der Waals surface area contributed by atoms with Crippen molar-refractivity contribution < 1.29 is 13.2 Å². The van der Waals surface area contributed by atoms with E-state index in [-0.39, 0.29) is 6.04 Å². The standard InChI is InChI=1S/C18H21NO3S/c1-15-7-5-6-10-18(15)23(20,21)19-13-17(19)11-12-22-14-16-8-3-2-4-9-16/h2-10,17H,11-14H2,1H3/t17?,19-/m1/s1. The van der Waals surface area contributed by atoms with Gasteiger partial charge in [0.15, 0.2) is 0 Å². The van der Waals surface area contributed by atoms with Crippen LogP contribution in [0.5, 0.6) is 0 Å². The highest BCUT2D eigenvalue weighted by atomic mass is 32.2. The first-order chi connectivity index (χ1) is 11.1. The zero-order valence-electron chi connectivity index (χ0n) is 13.2. The summed E-state index contributed by atoms with van der Waals surface area (Å²) in [5.74, 6) is 0. The summed E-state index contributed by atoms with van der Waals surface area (Å²) in [5.41, 5.74) is 1.92. The molecule has 2 aromatic rings. The summed E-state index contributed by atoms with van der Waals surface area (Å²) in [6, 6.07) is 17.2. The highest BCUT2D eigenvalue weighted by Gasteiger charge is 2.44. The average molecular weight is 331 g/mol. The van der Waals surface area contributed by atoms with Gasteiger partial charge in [0.1, 0.15) is 0 Å². The largest absolute Gasteiger partial charge is 0.377 e. The van der Waals surface area contributed by atoms with Gasteiger partial charge in [-0.25, -0.2) is 8.42 Å². The van der Waals surface area contributed by atoms with Crippen molar-refractivity contribution in [3.8, 4) is 0 Å². The van der Waals surface area contributed by atoms with E-state index in [4.69, 9.17) is 4.74 Å². The molecule has 2 atom stereocenters. The van der Waals surface area contributed by atoms with Gasteiger partial charge in [-0.1, -0.05) is 48.5 Å². The molecule has 0 saturated carbocycles. The van der Waals surface area contributed by atoms with Crippen LogP contribution in [0.2, 0.25) is 0 Å². The lowest BCUT2D eigenvalue weighted by atomic mass is 10.2. The average Bonchev–Trinajstić information content (AvgIpc) is 3.33. The number of ether oxygens (including phenoxy) is 1. The SMILES string of the molecule is Cc1ccccc1S(=O)(=O)[N@]1CC1CCOCc1ccccc1. The van der Waals surface area contributed by atoms with Gasteiger partial charge in [-0.2, -0.15) is 4.31 Å². The number of rotatable bonds is 7. The Kier molecular flexibility index (Phi) is 4.80. The summed E-state index contributed by atoms with van der Waals surface area (Å²) >= 11 is 0. The lowest BCUT2D eigenvalue weighted by Gasteiger charge is -2.09. The molecule has 1 unspecified atom stereocenters. The van der Waals surface area contributed by atoms with E-state index in [9.17, 15) is 8.42 Å². The van der Waals surface area contributed by atoms with Gasteiger partial charge >= 0.3 is 0 Å². The van der Waals surface area contributed by atoms with Crippen LogP contribution >= 0.6 is 0 Å². The Morgan fingerprint density at radius 1 is 1.09 bits per heavy atom. The van der Waals surface area contributed by atoms with Crippen molar-refractivity contribution in [2.24, 2.45) is 0 Å². The smallest absolute Gasteiger partial charge is 0.243 e. The topological polar surface area (TPSA) is 46.4 Å². The third kappa shape index (κ3) is 3.80. The van der Waals surface area contributed by atoms with E-state index < -0.39 is 10.0 Å². The first-order valence-corrected chi connectivity index (χ1v) is 9.22. The van der Waals surface area contributed by atoms with Crippen LogP contribution < -0.4 is 0 Å². The van der Waals surface area contributed by atoms with Gasteiger partial charge in [-0.15, -0.1) is 0 Å². The predicted octanol–water partition coefficient (Wildman–Crippen LogP) is 2.97. The molecule has 0 spiro atoms. The Bertz CT molecular complexity index is 759. The lowest BCUT2D eigenvalue weighted by Crippen LogP contribution is -2.16. The van der Waals surface area contributed by atoms with E-state index in [0.29, 0.717) is 24.7 Å². The molecule has 1 saturated heterocycles. The molecule has 5 heteroatoms. The molecule has 0 aromatic heterocycles. The maximum absolute atomic E-state index is 12.6. The van der Waals surface area contributed by atoms with Crippen molar-refractivity contribution in [1.82, 2.24) is 4.31 Å². The highest BCUT2D eigenvalue weighted by molar-refractivity contribution is 7.89. The third-order valence-corrected chi connectivity index (χ3v) is 6.13. The summed E-state index contributed by atoms with van der Waals surface area (Å²) in [5, 5.41) is 0. The van der Waals surface area contributed by atoms with Crippen molar-refractivity contribution >= 4 is 10.0 Å². The Morgan fingerprint density at radius 3 is 2.52 bits per heavy atom. The molecular formula is C18H21NO3S. The Morgan fingerprint density at radius 2 is 1.78 bits per heavy atom. The van der Waals surface area contributed by atoms with E-state index in [2.05, 4.69) is 0 Å². The molecule has 23 heavy (non-hydrogen) atoms. The molecule has 1 heterocycles. The van der Waals surface area contributed by atoms with Gasteiger partial charge in [0.05, 0.1) is 11.5 Å². The number of benzene rings is 2. The summed E-state index contributed by atoms with van der Waals surface area (Å²) in [7, 11) is -3.36. The highest BCUT2D eigenvalue weighted by Crippen LogP contribution is 2.31. The van der Waals surface area contributed by atoms with Crippen molar-refractivity contribution in [1.29, 1.82) is 0 Å². The molecule has 2 aromatic carbocycles. The van der Waals surface area contributed by atoms with E-state index in [1.807, 2.05) is 49.4 Å². The predicted molar refractivity (Wildman–Crippen MR) is 89.6 cm³/mol. The van der Waals surface area contributed by atoms with Gasteiger partial charge in [-0.3, -0.25) is 0 Å². The molecule has 1 aliphatic rings. The van der Waals surface area contributed by atoms with E-state index in [1.165, 1.54) is 0 Å². The van der Waals surface area contributed by atoms with Crippen LogP contribution in [0.4, 0.5) is 0 Å². The summed E-state index contributed by atoms with van der Waals surface area (Å²) < 4.78 is 32.3. The normalized spacial score (nSPS) is 20.4. The minimum absolute atomic E-state index is 0.0652. The fourth-order valence-corrected chi connectivity index (χ4v) is 4.49. The zero-order chi connectivity index (χ0) is 16.3. The zero-order valence-corrected chi connectivity index (χ0v) is 14.0. The molecule has 0 amide bonds. The molecule has 122 valence electrons. The number of hydrogen-bond acceptors (Lipinski definition) is 3. The van der Waals surface area contributed by atoms with Crippen LogP contribution in [0.15, 0.2) is 59.5 Å². The maximum atomic E-state index is 12.6. The second-order valence-corrected chi connectivity index (χ2v) is 7.68. The number of sulfonamides is 1. The molecule has 3 rings (SSSR count). The summed E-state index contributed by atoms with van der Waals surface area (Å²) in [6.07, 6.45) is 0.734. The Hall–Kier alpha value is -1.69. The molecule has 1 fully saturated rings. The molecule has 4 nitrogen and oxygen atoms in total. The van der Waals surface area contributed by atoms with E-state index in [1.54, 1.807) is 16.4 Å². The van der Waals surface area contributed by atoms with Gasteiger partial charge in [0.2, 0.25) is 10.0 Å². The van der Waals surface area contributed by atoms with Crippen LogP contribution in [-0.2, 0) is 21.4 Å². The van der Waals surface area contributed by atoms with Crippen LogP contribution in [0.1, 0.15) is 17.5 Å².